The minimum Gasteiger partial charge on any atom is -0.490 e. The van der Waals surface area contributed by atoms with Crippen LogP contribution in [0.5, 0.6) is 5.75 Å². The van der Waals surface area contributed by atoms with Crippen LogP contribution in [0.1, 0.15) is 28.8 Å². The van der Waals surface area contributed by atoms with Crippen molar-refractivity contribution in [2.45, 2.75) is 25.4 Å². The molecule has 4 amide bonds. The second-order valence-corrected chi connectivity index (χ2v) is 12.5. The fourth-order valence-corrected chi connectivity index (χ4v) is 6.14. The predicted octanol–water partition coefficient (Wildman–Crippen LogP) is 4.06. The van der Waals surface area contributed by atoms with Gasteiger partial charge in [-0.15, -0.1) is 0 Å². The van der Waals surface area contributed by atoms with Gasteiger partial charge in [0.25, 0.3) is 5.91 Å². The Labute approximate surface area is 292 Å². The summed E-state index contributed by atoms with van der Waals surface area (Å²) in [5, 5.41) is 5.06. The maximum atomic E-state index is 14.6. The molecule has 5 heterocycles. The third-order valence-corrected chi connectivity index (χ3v) is 8.74. The molecular weight excluding hydrogens is 657 g/mol. The van der Waals surface area contributed by atoms with Crippen LogP contribution >= 0.6 is 0 Å². The molecule has 0 aliphatic carbocycles. The molecule has 13 nitrogen and oxygen atoms in total. The largest absolute Gasteiger partial charge is 0.490 e. The summed E-state index contributed by atoms with van der Waals surface area (Å²) in [4.78, 5) is 61.1. The van der Waals surface area contributed by atoms with Crippen LogP contribution in [0.2, 0.25) is 0 Å². The normalized spacial score (nSPS) is 15.5. The van der Waals surface area contributed by atoms with Crippen molar-refractivity contribution in [2.75, 3.05) is 44.1 Å². The van der Waals surface area contributed by atoms with Crippen molar-refractivity contribution >= 4 is 40.8 Å². The Morgan fingerprint density at radius 2 is 1.75 bits per heavy atom. The molecule has 0 bridgehead atoms. The van der Waals surface area contributed by atoms with E-state index in [1.165, 1.54) is 4.90 Å². The maximum Gasteiger partial charge on any atom is 0.255 e. The number of nitrogens with one attached hydrogen (secondary N) is 2. The smallest absolute Gasteiger partial charge is 0.255 e. The molecule has 3 aromatic heterocycles. The molecule has 2 aliphatic rings. The number of pyridine rings is 2. The van der Waals surface area contributed by atoms with Crippen molar-refractivity contribution in [2.24, 2.45) is 0 Å². The summed E-state index contributed by atoms with van der Waals surface area (Å²) in [6.45, 7) is 0.389. The first-order valence-electron chi connectivity index (χ1n) is 16.3. The number of anilines is 2. The van der Waals surface area contributed by atoms with E-state index in [-0.39, 0.29) is 56.9 Å². The number of hydrogen-bond donors (Lipinski definition) is 2. The topological polar surface area (TPSA) is 147 Å². The molecule has 0 saturated carbocycles. The second kappa shape index (κ2) is 14.0. The van der Waals surface area contributed by atoms with Crippen molar-refractivity contribution < 1.29 is 33.0 Å². The average molecular weight is 692 g/mol. The fraction of sp³-hybridized carbons (Fsp3) is 0.243. The Kier molecular flexibility index (Phi) is 9.15. The van der Waals surface area contributed by atoms with Crippen molar-refractivity contribution in [3.63, 3.8) is 0 Å². The number of rotatable bonds is 11. The fourth-order valence-electron chi connectivity index (χ4n) is 6.14. The highest BCUT2D eigenvalue weighted by molar-refractivity contribution is 6.05. The summed E-state index contributed by atoms with van der Waals surface area (Å²) in [6.07, 6.45) is 4.15. The number of amides is 4. The summed E-state index contributed by atoms with van der Waals surface area (Å²) in [7, 11) is 3.62. The number of hydrogen-bond acceptors (Lipinski definition) is 9. The molecule has 1 fully saturated rings. The van der Waals surface area contributed by atoms with E-state index >= 15 is 0 Å². The highest BCUT2D eigenvalue weighted by atomic mass is 19.1. The minimum absolute atomic E-state index is 0.167. The number of fused-ring (bicyclic) bond motifs is 2. The van der Waals surface area contributed by atoms with Crippen molar-refractivity contribution in [1.29, 1.82) is 0 Å². The average Bonchev–Trinajstić information content (AvgIpc) is 3.68. The first kappa shape index (κ1) is 33.4. The second-order valence-electron chi connectivity index (χ2n) is 12.5. The van der Waals surface area contributed by atoms with Crippen LogP contribution < -0.4 is 20.3 Å². The van der Waals surface area contributed by atoms with Gasteiger partial charge in [0.15, 0.2) is 0 Å². The molecule has 1 saturated heterocycles. The highest BCUT2D eigenvalue weighted by Gasteiger charge is 2.39. The molecule has 2 N–H and O–H groups in total. The molecule has 7 rings (SSSR count). The number of halogens is 1. The van der Waals surface area contributed by atoms with E-state index in [4.69, 9.17) is 14.5 Å². The van der Waals surface area contributed by atoms with Gasteiger partial charge >= 0.3 is 0 Å². The van der Waals surface area contributed by atoms with E-state index in [0.717, 1.165) is 16.9 Å². The predicted molar refractivity (Wildman–Crippen MR) is 186 cm³/mol. The van der Waals surface area contributed by atoms with E-state index < -0.39 is 17.9 Å². The molecule has 1 atom stereocenters. The first-order valence-corrected chi connectivity index (χ1v) is 16.3. The lowest BCUT2D eigenvalue weighted by atomic mass is 10.0. The van der Waals surface area contributed by atoms with Crippen LogP contribution in [0.25, 0.3) is 28.0 Å². The minimum atomic E-state index is -0.704. The van der Waals surface area contributed by atoms with Gasteiger partial charge in [-0.25, -0.2) is 9.97 Å². The number of carbonyl (C=O) groups is 4. The van der Waals surface area contributed by atoms with Gasteiger partial charge in [-0.2, -0.15) is 4.39 Å². The SMILES string of the molecule is CN(C)c1ccc(-c2ccc(-c3cn4cc(OCCOCC(=O)Nc5ccc6c(c5)CN(C5CCC(=O)NC5=O)C6=O)ccc4n3)cc2)c(F)n1. The van der Waals surface area contributed by atoms with E-state index in [1.54, 1.807) is 47.5 Å². The molecular formula is C37H34FN7O6. The Bertz CT molecular complexity index is 2170. The van der Waals surface area contributed by atoms with Crippen LogP contribution in [0.15, 0.2) is 79.1 Å². The first-order chi connectivity index (χ1) is 24.6. The molecule has 260 valence electrons. The van der Waals surface area contributed by atoms with Gasteiger partial charge in [0, 0.05) is 55.6 Å². The maximum absolute atomic E-state index is 14.6. The van der Waals surface area contributed by atoms with Gasteiger partial charge in [0.1, 0.15) is 36.5 Å². The Morgan fingerprint density at radius 1 is 0.961 bits per heavy atom. The number of piperidine rings is 1. The molecule has 2 aromatic carbocycles. The van der Waals surface area contributed by atoms with E-state index in [9.17, 15) is 23.6 Å². The summed E-state index contributed by atoms with van der Waals surface area (Å²) in [5.41, 5.74) is 5.14. The molecule has 5 aromatic rings. The molecule has 0 radical (unpaired) electrons. The van der Waals surface area contributed by atoms with Gasteiger partial charge in [-0.3, -0.25) is 24.5 Å². The third kappa shape index (κ3) is 7.12. The highest BCUT2D eigenvalue weighted by Crippen LogP contribution is 2.30. The number of benzene rings is 2. The van der Waals surface area contributed by atoms with Gasteiger partial charge < -0.3 is 29.0 Å². The standard InChI is InChI=1S/C37H34FN7O6/c1-43(2)31-13-10-27(35(38)41-31)22-3-5-23(6-4-22)29-20-44-19-26(8-12-32(44)40-29)51-16-15-50-21-34(47)39-25-7-9-28-24(17-25)18-45(37(28)49)30-11-14-33(46)42-36(30)48/h3-10,12-13,17,19-20,30H,11,14-16,18,21H2,1-2H3,(H,39,47)(H,42,46,48). The number of ether oxygens (including phenoxy) is 2. The lowest BCUT2D eigenvalue weighted by Crippen LogP contribution is -2.52. The number of aromatic nitrogens is 3. The quantitative estimate of drug-likeness (QED) is 0.119. The number of imide groups is 1. The monoisotopic (exact) mass is 691 g/mol. The number of nitrogens with zero attached hydrogens (tertiary/aromatic N) is 5. The molecule has 1 unspecified atom stereocenters. The lowest BCUT2D eigenvalue weighted by Gasteiger charge is -2.29. The van der Waals surface area contributed by atoms with Gasteiger partial charge in [0.2, 0.25) is 23.7 Å². The summed E-state index contributed by atoms with van der Waals surface area (Å²) < 4.78 is 27.8. The summed E-state index contributed by atoms with van der Waals surface area (Å²) in [6, 6.07) is 18.9. The lowest BCUT2D eigenvalue weighted by molar-refractivity contribution is -0.137. The Morgan fingerprint density at radius 3 is 2.51 bits per heavy atom. The van der Waals surface area contributed by atoms with Crippen LogP contribution in [0.3, 0.4) is 0 Å². The van der Waals surface area contributed by atoms with Gasteiger partial charge in [-0.1, -0.05) is 24.3 Å². The van der Waals surface area contributed by atoms with Crippen LogP contribution in [-0.4, -0.2) is 82.9 Å². The van der Waals surface area contributed by atoms with Gasteiger partial charge in [0.05, 0.1) is 18.5 Å². The zero-order chi connectivity index (χ0) is 35.6. The summed E-state index contributed by atoms with van der Waals surface area (Å²) in [5.74, 6) is -0.848. The van der Waals surface area contributed by atoms with Crippen molar-refractivity contribution in [1.82, 2.24) is 24.6 Å². The van der Waals surface area contributed by atoms with Crippen LogP contribution in [0, 0.1) is 5.95 Å². The number of carbonyl (C=O) groups excluding carboxylic acids is 4. The van der Waals surface area contributed by atoms with Crippen LogP contribution in [0.4, 0.5) is 15.9 Å². The van der Waals surface area contributed by atoms with E-state index in [1.807, 2.05) is 55.0 Å². The zero-order valence-electron chi connectivity index (χ0n) is 27.9. The van der Waals surface area contributed by atoms with Crippen molar-refractivity contribution in [3.8, 4) is 28.1 Å². The van der Waals surface area contributed by atoms with Gasteiger partial charge in [-0.05, 0) is 60.0 Å². The molecule has 0 spiro atoms. The summed E-state index contributed by atoms with van der Waals surface area (Å²) >= 11 is 0. The van der Waals surface area contributed by atoms with Crippen LogP contribution in [-0.2, 0) is 25.7 Å². The molecule has 14 heteroatoms. The van der Waals surface area contributed by atoms with E-state index in [0.29, 0.717) is 39.5 Å². The Balaban J connectivity index is 0.878. The third-order valence-electron chi connectivity index (χ3n) is 8.74. The zero-order valence-corrected chi connectivity index (χ0v) is 27.9. The van der Waals surface area contributed by atoms with Crippen molar-refractivity contribution in [3.05, 3.63) is 96.2 Å². The van der Waals surface area contributed by atoms with E-state index in [2.05, 4.69) is 15.6 Å². The number of imidazole rings is 1. The molecule has 2 aliphatic heterocycles. The molecule has 51 heavy (non-hydrogen) atoms. The Hall–Kier alpha value is -6.15.